The molecule has 4 amide bonds. The number of ketones is 1. The molecule has 0 aliphatic heterocycles. The molecule has 0 fully saturated rings. The van der Waals surface area contributed by atoms with Gasteiger partial charge in [-0.1, -0.05) is 37.8 Å². The van der Waals surface area contributed by atoms with Crippen LogP contribution in [0.25, 0.3) is 0 Å². The van der Waals surface area contributed by atoms with Gasteiger partial charge in [0.1, 0.15) is 18.1 Å². The van der Waals surface area contributed by atoms with Crippen molar-refractivity contribution < 1.29 is 58.8 Å². The standard InChI is InChI=1S/C36H54IN7O12/c37-24-20-22(15-16-23(24)21-41-35(38)39)28(45)12-5-3-4-10-25(32(50)51)42-30(47)14-7-2-1-6-13-29(46)40-19-9-8-11-26(33(52)53)43-36(56)44-27(34(54)55)17-18-31(48)49/h15-16,20,25-27H,1-14,17-19,21H2,(H,40,46)(H,42,47)(H,48,49)(H,50,51)(H,52,53)(H,54,55)(H4,38,39,41)(H2,43,44,56)/t25?,26-,27-/m0/s1. The summed E-state index contributed by atoms with van der Waals surface area (Å²) in [7, 11) is 0. The quantitative estimate of drug-likeness (QED) is 0.0174. The normalized spacial score (nSPS) is 12.3. The van der Waals surface area contributed by atoms with Gasteiger partial charge in [0.05, 0.1) is 6.54 Å². The molecule has 0 spiro atoms. The lowest BCUT2D eigenvalue weighted by molar-refractivity contribution is -0.142. The minimum atomic E-state index is -1.50. The highest BCUT2D eigenvalue weighted by atomic mass is 127. The first-order chi connectivity index (χ1) is 26.5. The van der Waals surface area contributed by atoms with Gasteiger partial charge in [0.2, 0.25) is 11.8 Å². The fourth-order valence-corrected chi connectivity index (χ4v) is 6.05. The Morgan fingerprint density at radius 2 is 1.14 bits per heavy atom. The molecule has 0 saturated heterocycles. The molecule has 0 aliphatic rings. The number of nitrogens with two attached hydrogens (primary N) is 2. The second kappa shape index (κ2) is 27.5. The van der Waals surface area contributed by atoms with Crippen LogP contribution in [-0.4, -0.2) is 98.6 Å². The van der Waals surface area contributed by atoms with Crippen LogP contribution in [0.15, 0.2) is 23.2 Å². The lowest BCUT2D eigenvalue weighted by Gasteiger charge is -2.18. The van der Waals surface area contributed by atoms with Gasteiger partial charge in [0.25, 0.3) is 0 Å². The van der Waals surface area contributed by atoms with Crippen LogP contribution in [0.3, 0.4) is 0 Å². The summed E-state index contributed by atoms with van der Waals surface area (Å²) >= 11 is 2.13. The summed E-state index contributed by atoms with van der Waals surface area (Å²) in [5.41, 5.74) is 12.2. The number of carboxylic acids is 4. The monoisotopic (exact) mass is 903 g/mol. The van der Waals surface area contributed by atoms with E-state index in [1.165, 1.54) is 0 Å². The number of Topliss-reactive ketones (excluding diaryl/α,β-unsaturated/α-hetero) is 1. The third-order valence-corrected chi connectivity index (χ3v) is 9.49. The fourth-order valence-electron chi connectivity index (χ4n) is 5.36. The number of hydrogen-bond donors (Lipinski definition) is 10. The van der Waals surface area contributed by atoms with Crippen LogP contribution in [0.4, 0.5) is 4.79 Å². The number of benzene rings is 1. The Hall–Kier alpha value is -5.02. The van der Waals surface area contributed by atoms with Gasteiger partial charge >= 0.3 is 29.9 Å². The van der Waals surface area contributed by atoms with Gasteiger partial charge in [-0.15, -0.1) is 0 Å². The van der Waals surface area contributed by atoms with Crippen molar-refractivity contribution in [1.82, 2.24) is 21.3 Å². The minimum absolute atomic E-state index is 0.00940. The second-order valence-corrected chi connectivity index (χ2v) is 14.3. The zero-order valence-corrected chi connectivity index (χ0v) is 33.4. The molecule has 56 heavy (non-hydrogen) atoms. The first kappa shape index (κ1) is 49.0. The van der Waals surface area contributed by atoms with Gasteiger partial charge in [0.15, 0.2) is 11.7 Å². The van der Waals surface area contributed by atoms with Gasteiger partial charge < -0.3 is 53.2 Å². The minimum Gasteiger partial charge on any atom is -0.481 e. The third kappa shape index (κ3) is 22.4. The zero-order chi connectivity index (χ0) is 42.0. The summed E-state index contributed by atoms with van der Waals surface area (Å²) in [6.07, 6.45) is 4.97. The molecular formula is C36H54IN7O12. The molecule has 0 aromatic heterocycles. The number of rotatable bonds is 30. The van der Waals surface area contributed by atoms with E-state index in [0.717, 1.165) is 9.13 Å². The van der Waals surface area contributed by atoms with E-state index >= 15 is 0 Å². The third-order valence-electron chi connectivity index (χ3n) is 8.49. The average Bonchev–Trinajstić information content (AvgIpc) is 3.12. The molecular weight excluding hydrogens is 849 g/mol. The molecule has 1 aromatic carbocycles. The van der Waals surface area contributed by atoms with Crippen molar-refractivity contribution in [2.75, 3.05) is 6.54 Å². The van der Waals surface area contributed by atoms with Gasteiger partial charge in [-0.05, 0) is 85.6 Å². The molecule has 312 valence electrons. The van der Waals surface area contributed by atoms with Crippen LogP contribution in [-0.2, 0) is 35.3 Å². The van der Waals surface area contributed by atoms with E-state index in [1.54, 1.807) is 12.1 Å². The number of unbranched alkanes of at least 4 members (excludes halogenated alkanes) is 6. The molecule has 0 heterocycles. The van der Waals surface area contributed by atoms with E-state index in [4.69, 9.17) is 21.7 Å². The lowest BCUT2D eigenvalue weighted by Crippen LogP contribution is -2.51. The van der Waals surface area contributed by atoms with Crippen LogP contribution in [0.5, 0.6) is 0 Å². The Bertz CT molecular complexity index is 1540. The van der Waals surface area contributed by atoms with E-state index < -0.39 is 54.5 Å². The Morgan fingerprint density at radius 1 is 0.625 bits per heavy atom. The maximum atomic E-state index is 12.6. The summed E-state index contributed by atoms with van der Waals surface area (Å²) in [6, 6.07) is 0.420. The van der Waals surface area contributed by atoms with Gasteiger partial charge in [0, 0.05) is 41.4 Å². The number of carbonyl (C=O) groups is 8. The topological polar surface area (TPSA) is 330 Å². The first-order valence-electron chi connectivity index (χ1n) is 18.4. The van der Waals surface area contributed by atoms with E-state index in [0.29, 0.717) is 76.3 Å². The Balaban J connectivity index is 2.22. The van der Waals surface area contributed by atoms with Crippen molar-refractivity contribution >= 4 is 76.1 Å². The maximum absolute atomic E-state index is 12.6. The average molecular weight is 904 g/mol. The Labute approximate surface area is 338 Å². The molecule has 3 atom stereocenters. The van der Waals surface area contributed by atoms with E-state index in [9.17, 15) is 48.6 Å². The largest absolute Gasteiger partial charge is 0.481 e. The van der Waals surface area contributed by atoms with E-state index in [2.05, 4.69) is 48.9 Å². The number of aliphatic imine (C=N–C) groups is 1. The maximum Gasteiger partial charge on any atom is 0.326 e. The van der Waals surface area contributed by atoms with Crippen molar-refractivity contribution in [3.05, 3.63) is 32.9 Å². The number of aliphatic carboxylic acids is 4. The zero-order valence-electron chi connectivity index (χ0n) is 31.2. The van der Waals surface area contributed by atoms with E-state index in [1.807, 2.05) is 6.07 Å². The highest BCUT2D eigenvalue weighted by molar-refractivity contribution is 14.1. The second-order valence-electron chi connectivity index (χ2n) is 13.1. The number of amides is 4. The molecule has 1 rings (SSSR count). The fraction of sp³-hybridized carbons (Fsp3) is 0.583. The summed E-state index contributed by atoms with van der Waals surface area (Å²) in [5, 5.41) is 46.3. The van der Waals surface area contributed by atoms with Crippen molar-refractivity contribution in [3.8, 4) is 0 Å². The predicted molar refractivity (Wildman–Crippen MR) is 212 cm³/mol. The Morgan fingerprint density at radius 3 is 1.70 bits per heavy atom. The molecule has 0 radical (unpaired) electrons. The molecule has 0 bridgehead atoms. The molecule has 20 heteroatoms. The van der Waals surface area contributed by atoms with Crippen LogP contribution in [0, 0.1) is 3.57 Å². The highest BCUT2D eigenvalue weighted by Crippen LogP contribution is 2.18. The number of carbonyl (C=O) groups excluding carboxylic acids is 4. The van der Waals surface area contributed by atoms with Crippen molar-refractivity contribution in [1.29, 1.82) is 0 Å². The SMILES string of the molecule is NC(N)=NCc1ccc(C(=O)CCCCCC(NC(=O)CCCCCCC(=O)NCCCC[C@H](NC(=O)N[C@@H](CCC(=O)O)C(=O)O)C(=O)O)C(=O)O)cc1I. The molecule has 1 unspecified atom stereocenters. The Kier molecular flexibility index (Phi) is 24.1. The molecule has 0 saturated carbocycles. The smallest absolute Gasteiger partial charge is 0.326 e. The van der Waals surface area contributed by atoms with Gasteiger partial charge in [-0.2, -0.15) is 0 Å². The molecule has 0 aliphatic carbocycles. The molecule has 12 N–H and O–H groups in total. The predicted octanol–water partition coefficient (Wildman–Crippen LogP) is 2.46. The number of halogens is 1. The lowest BCUT2D eigenvalue weighted by atomic mass is 10.0. The summed E-state index contributed by atoms with van der Waals surface area (Å²) in [6.45, 7) is 0.592. The van der Waals surface area contributed by atoms with Crippen molar-refractivity contribution in [3.63, 3.8) is 0 Å². The van der Waals surface area contributed by atoms with Crippen LogP contribution in [0.2, 0.25) is 0 Å². The van der Waals surface area contributed by atoms with Crippen LogP contribution < -0.4 is 32.7 Å². The number of hydrogen-bond acceptors (Lipinski definition) is 9. The van der Waals surface area contributed by atoms with Crippen LogP contribution in [0.1, 0.15) is 119 Å². The summed E-state index contributed by atoms with van der Waals surface area (Å²) in [4.78, 5) is 98.4. The van der Waals surface area contributed by atoms with Gasteiger partial charge in [-0.3, -0.25) is 19.2 Å². The summed E-state index contributed by atoms with van der Waals surface area (Å²) in [5.74, 6) is -5.77. The van der Waals surface area contributed by atoms with Crippen LogP contribution >= 0.6 is 22.6 Å². The first-order valence-corrected chi connectivity index (χ1v) is 19.5. The number of nitrogens with one attached hydrogen (secondary N) is 4. The number of guanidine groups is 1. The van der Waals surface area contributed by atoms with Gasteiger partial charge in [-0.25, -0.2) is 24.2 Å². The molecule has 1 aromatic rings. The summed E-state index contributed by atoms with van der Waals surface area (Å²) < 4.78 is 0.872. The molecule has 19 nitrogen and oxygen atoms in total. The number of urea groups is 1. The van der Waals surface area contributed by atoms with Crippen molar-refractivity contribution in [2.24, 2.45) is 16.5 Å². The number of nitrogens with zero attached hydrogens (tertiary/aromatic N) is 1. The number of carboxylic acid groups (broad SMARTS) is 4. The van der Waals surface area contributed by atoms with E-state index in [-0.39, 0.29) is 62.2 Å². The van der Waals surface area contributed by atoms with Crippen molar-refractivity contribution in [2.45, 2.75) is 127 Å². The highest BCUT2D eigenvalue weighted by Gasteiger charge is 2.25.